The minimum Gasteiger partial charge on any atom is -0.457 e. The van der Waals surface area contributed by atoms with Crippen molar-refractivity contribution < 1.29 is 43.0 Å². The summed E-state index contributed by atoms with van der Waals surface area (Å²) in [4.78, 5) is 22.5. The third-order valence-corrected chi connectivity index (χ3v) is 11.0. The van der Waals surface area contributed by atoms with Gasteiger partial charge < -0.3 is 24.6 Å². The summed E-state index contributed by atoms with van der Waals surface area (Å²) in [7, 11) is -4.50. The van der Waals surface area contributed by atoms with E-state index in [9.17, 15) is 19.4 Å². The van der Waals surface area contributed by atoms with Crippen molar-refractivity contribution in [3.05, 3.63) is 0 Å². The molecule has 0 spiro atoms. The van der Waals surface area contributed by atoms with Crippen molar-refractivity contribution in [2.75, 3.05) is 33.0 Å². The van der Waals surface area contributed by atoms with E-state index < -0.39 is 33.2 Å². The summed E-state index contributed by atoms with van der Waals surface area (Å²) in [5.41, 5.74) is 0. The van der Waals surface area contributed by atoms with Crippen molar-refractivity contribution in [2.24, 2.45) is 0 Å². The fourth-order valence-electron chi connectivity index (χ4n) is 6.59. The Hall–Kier alpha value is -0.540. The number of esters is 1. The van der Waals surface area contributed by atoms with E-state index in [2.05, 4.69) is 13.8 Å². The Morgan fingerprint density at radius 3 is 1.23 bits per heavy atom. The van der Waals surface area contributed by atoms with E-state index in [0.29, 0.717) is 6.61 Å². The average molecular weight is 779 g/mol. The van der Waals surface area contributed by atoms with Crippen LogP contribution in [0.2, 0.25) is 0 Å². The molecule has 0 aromatic carbocycles. The van der Waals surface area contributed by atoms with Gasteiger partial charge in [-0.2, -0.15) is 0 Å². The third kappa shape index (κ3) is 40.9. The first-order valence-electron chi connectivity index (χ1n) is 22.5. The lowest BCUT2D eigenvalue weighted by Crippen LogP contribution is -2.29. The lowest BCUT2D eigenvalue weighted by Gasteiger charge is -2.20. The molecule has 3 unspecified atom stereocenters. The molecule has 318 valence electrons. The van der Waals surface area contributed by atoms with Crippen molar-refractivity contribution >= 4 is 13.8 Å². The van der Waals surface area contributed by atoms with Gasteiger partial charge in [-0.3, -0.25) is 13.8 Å². The second-order valence-corrected chi connectivity index (χ2v) is 16.9. The van der Waals surface area contributed by atoms with Crippen LogP contribution in [0.25, 0.3) is 0 Å². The molecular formula is C43H87O9P. The van der Waals surface area contributed by atoms with Gasteiger partial charge in [0.25, 0.3) is 0 Å². The van der Waals surface area contributed by atoms with E-state index in [1.807, 2.05) is 0 Å². The SMILES string of the molecule is CCCCCCCCCCCCCCCCCCCCCCCCC(=O)OC(COCCCCCCCCCCCC)COP(=O)(O)OCC(O)CO. The topological polar surface area (TPSA) is 132 Å². The van der Waals surface area contributed by atoms with Crippen LogP contribution in [0.3, 0.4) is 0 Å². The molecule has 0 amide bonds. The maximum Gasteiger partial charge on any atom is 0.472 e. The predicted octanol–water partition coefficient (Wildman–Crippen LogP) is 12.3. The molecular weight excluding hydrogens is 691 g/mol. The first kappa shape index (κ1) is 52.5. The monoisotopic (exact) mass is 779 g/mol. The fourth-order valence-corrected chi connectivity index (χ4v) is 7.38. The predicted molar refractivity (Wildman–Crippen MR) is 219 cm³/mol. The zero-order valence-corrected chi connectivity index (χ0v) is 35.7. The van der Waals surface area contributed by atoms with Gasteiger partial charge in [0.15, 0.2) is 0 Å². The van der Waals surface area contributed by atoms with Crippen LogP contribution in [-0.4, -0.2) is 66.3 Å². The number of phosphoric acid groups is 1. The Morgan fingerprint density at radius 1 is 0.509 bits per heavy atom. The first-order chi connectivity index (χ1) is 25.8. The van der Waals surface area contributed by atoms with E-state index in [1.54, 1.807) is 0 Å². The summed E-state index contributed by atoms with van der Waals surface area (Å²) in [6, 6.07) is 0. The number of rotatable bonds is 44. The molecule has 0 saturated carbocycles. The van der Waals surface area contributed by atoms with E-state index >= 15 is 0 Å². The molecule has 0 bridgehead atoms. The van der Waals surface area contributed by atoms with Gasteiger partial charge in [0.05, 0.1) is 26.4 Å². The van der Waals surface area contributed by atoms with Gasteiger partial charge in [0.2, 0.25) is 0 Å². The molecule has 0 saturated heterocycles. The quantitative estimate of drug-likeness (QED) is 0.0314. The summed E-state index contributed by atoms with van der Waals surface area (Å²) in [5.74, 6) is -0.376. The van der Waals surface area contributed by atoms with Crippen LogP contribution in [-0.2, 0) is 27.9 Å². The summed E-state index contributed by atoms with van der Waals surface area (Å²) in [6.45, 7) is 3.56. The number of hydrogen-bond donors (Lipinski definition) is 3. The van der Waals surface area contributed by atoms with Crippen LogP contribution < -0.4 is 0 Å². The second kappa shape index (κ2) is 41.1. The molecule has 10 heteroatoms. The van der Waals surface area contributed by atoms with Crippen LogP contribution in [0, 0.1) is 0 Å². The Bertz CT molecular complexity index is 800. The molecule has 3 atom stereocenters. The van der Waals surface area contributed by atoms with Crippen LogP contribution >= 0.6 is 7.82 Å². The number of ether oxygens (including phenoxy) is 2. The van der Waals surface area contributed by atoms with Crippen LogP contribution in [0.15, 0.2) is 0 Å². The highest BCUT2D eigenvalue weighted by atomic mass is 31.2. The second-order valence-electron chi connectivity index (χ2n) is 15.4. The molecule has 0 fully saturated rings. The smallest absolute Gasteiger partial charge is 0.457 e. The minimum absolute atomic E-state index is 0.0573. The Labute approximate surface area is 327 Å². The fraction of sp³-hybridized carbons (Fsp3) is 0.977. The van der Waals surface area contributed by atoms with Crippen molar-refractivity contribution in [1.82, 2.24) is 0 Å². The van der Waals surface area contributed by atoms with Crippen molar-refractivity contribution in [3.63, 3.8) is 0 Å². The molecule has 9 nitrogen and oxygen atoms in total. The summed E-state index contributed by atoms with van der Waals surface area (Å²) < 4.78 is 33.3. The van der Waals surface area contributed by atoms with E-state index in [-0.39, 0.29) is 25.6 Å². The summed E-state index contributed by atoms with van der Waals surface area (Å²) >= 11 is 0. The standard InChI is InChI=1S/C43H87O9P/c1-3-5-7-9-11-13-15-16-17-18-19-20-21-22-23-24-25-26-27-29-31-33-35-43(46)52-42(40-51-53(47,48)50-38-41(45)37-44)39-49-36-34-32-30-28-14-12-10-8-6-4-2/h41-42,44-45H,3-40H2,1-2H3,(H,47,48). The highest BCUT2D eigenvalue weighted by molar-refractivity contribution is 7.47. The molecule has 0 rings (SSSR count). The van der Waals surface area contributed by atoms with Gasteiger partial charge in [-0.05, 0) is 12.8 Å². The maximum absolute atomic E-state index is 12.6. The molecule has 0 aromatic heterocycles. The molecule has 53 heavy (non-hydrogen) atoms. The number of aliphatic hydroxyl groups excluding tert-OH is 2. The normalized spacial score (nSPS) is 14.0. The molecule has 3 N–H and O–H groups in total. The third-order valence-electron chi connectivity index (χ3n) is 10.0. The van der Waals surface area contributed by atoms with Crippen molar-refractivity contribution in [3.8, 4) is 0 Å². The summed E-state index contributed by atoms with van der Waals surface area (Å²) in [5, 5.41) is 18.3. The van der Waals surface area contributed by atoms with Gasteiger partial charge in [-0.25, -0.2) is 4.57 Å². The minimum atomic E-state index is -4.50. The Morgan fingerprint density at radius 2 is 0.849 bits per heavy atom. The molecule has 0 aliphatic carbocycles. The van der Waals surface area contributed by atoms with Gasteiger partial charge >= 0.3 is 13.8 Å². The molecule has 0 aliphatic heterocycles. The highest BCUT2D eigenvalue weighted by Crippen LogP contribution is 2.43. The number of carbonyl (C=O) groups excluding carboxylic acids is 1. The summed E-state index contributed by atoms with van der Waals surface area (Å²) in [6.07, 6.45) is 39.3. The lowest BCUT2D eigenvalue weighted by atomic mass is 10.0. The molecule has 0 aliphatic rings. The van der Waals surface area contributed by atoms with Gasteiger partial charge in [-0.1, -0.05) is 206 Å². The zero-order chi connectivity index (χ0) is 38.9. The average Bonchev–Trinajstić information content (AvgIpc) is 3.15. The number of phosphoric ester groups is 1. The number of hydrogen-bond acceptors (Lipinski definition) is 8. The first-order valence-corrected chi connectivity index (χ1v) is 24.0. The Balaban J connectivity index is 3.99. The van der Waals surface area contributed by atoms with Crippen LogP contribution in [0.1, 0.15) is 226 Å². The van der Waals surface area contributed by atoms with E-state index in [4.69, 9.17) is 23.6 Å². The number of aliphatic hydroxyl groups is 2. The highest BCUT2D eigenvalue weighted by Gasteiger charge is 2.26. The molecule has 0 radical (unpaired) electrons. The van der Waals surface area contributed by atoms with Gasteiger partial charge in [-0.15, -0.1) is 0 Å². The number of unbranched alkanes of at least 4 members (excludes halogenated alkanes) is 30. The zero-order valence-electron chi connectivity index (χ0n) is 34.8. The van der Waals surface area contributed by atoms with E-state index in [0.717, 1.165) is 32.1 Å². The molecule has 0 heterocycles. The largest absolute Gasteiger partial charge is 0.472 e. The van der Waals surface area contributed by atoms with E-state index in [1.165, 1.54) is 173 Å². The van der Waals surface area contributed by atoms with Crippen LogP contribution in [0.4, 0.5) is 0 Å². The van der Waals surface area contributed by atoms with Crippen molar-refractivity contribution in [2.45, 2.75) is 238 Å². The lowest BCUT2D eigenvalue weighted by molar-refractivity contribution is -0.154. The van der Waals surface area contributed by atoms with Gasteiger partial charge in [0.1, 0.15) is 12.2 Å². The maximum atomic E-state index is 12.6. The van der Waals surface area contributed by atoms with Crippen molar-refractivity contribution in [1.29, 1.82) is 0 Å². The van der Waals surface area contributed by atoms with Gasteiger partial charge in [0, 0.05) is 13.0 Å². The molecule has 0 aromatic rings. The number of carbonyl (C=O) groups is 1. The Kier molecular flexibility index (Phi) is 40.7. The van der Waals surface area contributed by atoms with Crippen LogP contribution in [0.5, 0.6) is 0 Å².